The number of ether oxygens (including phenoxy) is 3. The zero-order valence-corrected chi connectivity index (χ0v) is 17.7. The second-order valence-electron chi connectivity index (χ2n) is 6.74. The molecule has 0 atom stereocenters. The zero-order valence-electron chi connectivity index (χ0n) is 17.7. The van der Waals surface area contributed by atoms with Crippen molar-refractivity contribution >= 4 is 22.7 Å². The molecule has 0 bridgehead atoms. The molecule has 3 rings (SSSR count). The Morgan fingerprint density at radius 2 is 1.68 bits per heavy atom. The molecule has 184 valence electrons. The maximum atomic E-state index is 13.0. The SMILES string of the molecule is COc1cc2nc(C)nc(NCc3cc(C(F)(F)F)nc(N)n3)c2cc1OCCOC(F)(F)F. The molecule has 0 aliphatic carbocycles. The molecule has 2 heterocycles. The van der Waals surface area contributed by atoms with Crippen LogP contribution >= 0.6 is 0 Å². The zero-order chi connectivity index (χ0) is 25.1. The van der Waals surface area contributed by atoms with Crippen LogP contribution in [0.4, 0.5) is 38.1 Å². The van der Waals surface area contributed by atoms with Crippen LogP contribution < -0.4 is 20.5 Å². The van der Waals surface area contributed by atoms with Gasteiger partial charge in [-0.1, -0.05) is 0 Å². The summed E-state index contributed by atoms with van der Waals surface area (Å²) in [5, 5.41) is 3.24. The fourth-order valence-electron chi connectivity index (χ4n) is 2.90. The van der Waals surface area contributed by atoms with Crippen molar-refractivity contribution < 1.29 is 40.6 Å². The maximum Gasteiger partial charge on any atom is 0.522 e. The Bertz CT molecular complexity index is 1170. The monoisotopic (exact) mass is 492 g/mol. The van der Waals surface area contributed by atoms with Crippen LogP contribution in [0.2, 0.25) is 0 Å². The van der Waals surface area contributed by atoms with E-state index in [1.807, 2.05) is 0 Å². The van der Waals surface area contributed by atoms with E-state index in [-0.39, 0.29) is 29.6 Å². The number of halogens is 6. The smallest absolute Gasteiger partial charge is 0.493 e. The van der Waals surface area contributed by atoms with Gasteiger partial charge in [0.25, 0.3) is 0 Å². The summed E-state index contributed by atoms with van der Waals surface area (Å²) < 4.78 is 89.7. The van der Waals surface area contributed by atoms with Gasteiger partial charge in [-0.05, 0) is 19.1 Å². The van der Waals surface area contributed by atoms with Crippen molar-refractivity contribution in [2.75, 3.05) is 31.4 Å². The second kappa shape index (κ2) is 9.70. The summed E-state index contributed by atoms with van der Waals surface area (Å²) >= 11 is 0. The van der Waals surface area contributed by atoms with Gasteiger partial charge >= 0.3 is 12.5 Å². The number of aromatic nitrogens is 4. The first-order chi connectivity index (χ1) is 15.9. The third kappa shape index (κ3) is 6.46. The Hall–Kier alpha value is -3.62. The van der Waals surface area contributed by atoms with Crippen molar-refractivity contribution in [3.05, 3.63) is 35.4 Å². The highest BCUT2D eigenvalue weighted by Crippen LogP contribution is 2.35. The summed E-state index contributed by atoms with van der Waals surface area (Å²) in [7, 11) is 1.34. The van der Waals surface area contributed by atoms with Crippen LogP contribution in [0, 0.1) is 6.92 Å². The predicted octanol–water partition coefficient (Wildman–Crippen LogP) is 3.87. The molecule has 3 N–H and O–H groups in total. The quantitative estimate of drug-likeness (QED) is 0.357. The summed E-state index contributed by atoms with van der Waals surface area (Å²) in [6.45, 7) is 0.220. The van der Waals surface area contributed by atoms with E-state index in [1.54, 1.807) is 6.92 Å². The predicted molar refractivity (Wildman–Crippen MR) is 107 cm³/mol. The van der Waals surface area contributed by atoms with Crippen LogP contribution in [0.1, 0.15) is 17.2 Å². The van der Waals surface area contributed by atoms with Gasteiger partial charge in [-0.2, -0.15) is 13.2 Å². The van der Waals surface area contributed by atoms with Crippen molar-refractivity contribution in [1.29, 1.82) is 0 Å². The number of hydrogen-bond acceptors (Lipinski definition) is 9. The van der Waals surface area contributed by atoms with E-state index >= 15 is 0 Å². The van der Waals surface area contributed by atoms with Crippen molar-refractivity contribution in [2.24, 2.45) is 0 Å². The number of fused-ring (bicyclic) bond motifs is 1. The largest absolute Gasteiger partial charge is 0.522 e. The van der Waals surface area contributed by atoms with E-state index in [9.17, 15) is 26.3 Å². The lowest BCUT2D eigenvalue weighted by Crippen LogP contribution is -2.18. The number of nitrogen functional groups attached to an aromatic ring is 1. The van der Waals surface area contributed by atoms with E-state index < -0.39 is 37.4 Å². The van der Waals surface area contributed by atoms with Gasteiger partial charge in [0.05, 0.1) is 31.5 Å². The molecule has 0 aliphatic rings. The van der Waals surface area contributed by atoms with Crippen LogP contribution in [0.25, 0.3) is 10.9 Å². The van der Waals surface area contributed by atoms with Gasteiger partial charge in [0.2, 0.25) is 5.95 Å². The van der Waals surface area contributed by atoms with E-state index in [2.05, 4.69) is 30.0 Å². The highest BCUT2D eigenvalue weighted by atomic mass is 19.4. The number of alkyl halides is 6. The molecule has 0 unspecified atom stereocenters. The van der Waals surface area contributed by atoms with Gasteiger partial charge in [-0.3, -0.25) is 4.74 Å². The number of nitrogens with one attached hydrogen (secondary N) is 1. The number of hydrogen-bond donors (Lipinski definition) is 2. The third-order valence-corrected chi connectivity index (χ3v) is 4.22. The molecule has 3 aromatic rings. The topological polar surface area (TPSA) is 117 Å². The van der Waals surface area contributed by atoms with Gasteiger partial charge in [0, 0.05) is 11.5 Å². The fraction of sp³-hybridized carbons (Fsp3) is 0.368. The van der Waals surface area contributed by atoms with Crippen LogP contribution in [0.15, 0.2) is 18.2 Å². The van der Waals surface area contributed by atoms with Crippen LogP contribution in [-0.4, -0.2) is 46.6 Å². The van der Waals surface area contributed by atoms with Crippen molar-refractivity contribution in [2.45, 2.75) is 26.0 Å². The summed E-state index contributed by atoms with van der Waals surface area (Å²) in [6, 6.07) is 3.66. The molecule has 34 heavy (non-hydrogen) atoms. The number of methoxy groups -OCH3 is 1. The molecule has 15 heteroatoms. The Morgan fingerprint density at radius 1 is 0.941 bits per heavy atom. The molecular weight excluding hydrogens is 474 g/mol. The Labute approximate surface area is 188 Å². The molecule has 0 aliphatic heterocycles. The van der Waals surface area contributed by atoms with Crippen molar-refractivity contribution in [1.82, 2.24) is 19.9 Å². The van der Waals surface area contributed by atoms with E-state index in [1.165, 1.54) is 19.2 Å². The number of aryl methyl sites for hydroxylation is 1. The average Bonchev–Trinajstić information content (AvgIpc) is 2.73. The molecule has 9 nitrogen and oxygen atoms in total. The first-order valence-corrected chi connectivity index (χ1v) is 9.50. The highest BCUT2D eigenvalue weighted by Gasteiger charge is 2.33. The second-order valence-corrected chi connectivity index (χ2v) is 6.74. The summed E-state index contributed by atoms with van der Waals surface area (Å²) in [4.78, 5) is 15.5. The van der Waals surface area contributed by atoms with Gasteiger partial charge in [0.1, 0.15) is 23.9 Å². The first kappa shape index (κ1) is 25.0. The molecule has 1 aromatic carbocycles. The molecule has 0 amide bonds. The van der Waals surface area contributed by atoms with Gasteiger partial charge in [-0.25, -0.2) is 19.9 Å². The van der Waals surface area contributed by atoms with Crippen molar-refractivity contribution in [3.63, 3.8) is 0 Å². The summed E-state index contributed by atoms with van der Waals surface area (Å²) in [5.74, 6) is 0.287. The van der Waals surface area contributed by atoms with Crippen LogP contribution in [-0.2, 0) is 17.5 Å². The minimum absolute atomic E-state index is 0.0430. The van der Waals surface area contributed by atoms with Gasteiger partial charge < -0.3 is 20.5 Å². The molecule has 0 saturated carbocycles. The Balaban J connectivity index is 1.88. The lowest BCUT2D eigenvalue weighted by molar-refractivity contribution is -0.325. The van der Waals surface area contributed by atoms with Gasteiger partial charge in [-0.15, -0.1) is 13.2 Å². The van der Waals surface area contributed by atoms with Gasteiger partial charge in [0.15, 0.2) is 11.5 Å². The average molecular weight is 492 g/mol. The van der Waals surface area contributed by atoms with E-state index in [0.29, 0.717) is 16.7 Å². The van der Waals surface area contributed by atoms with Crippen molar-refractivity contribution in [3.8, 4) is 11.5 Å². The summed E-state index contributed by atoms with van der Waals surface area (Å²) in [5.41, 5.74) is 4.55. The fourth-order valence-corrected chi connectivity index (χ4v) is 2.90. The molecule has 0 fully saturated rings. The summed E-state index contributed by atoms with van der Waals surface area (Å²) in [6.07, 6.45) is -9.50. The first-order valence-electron chi connectivity index (χ1n) is 9.50. The molecule has 0 saturated heterocycles. The lowest BCUT2D eigenvalue weighted by atomic mass is 10.2. The van der Waals surface area contributed by atoms with Crippen LogP contribution in [0.3, 0.4) is 0 Å². The number of nitrogens with two attached hydrogens (primary N) is 1. The van der Waals surface area contributed by atoms with Crippen LogP contribution in [0.5, 0.6) is 11.5 Å². The minimum Gasteiger partial charge on any atom is -0.493 e. The Kier molecular flexibility index (Phi) is 7.14. The molecule has 2 aromatic heterocycles. The Morgan fingerprint density at radius 3 is 2.32 bits per heavy atom. The molecule has 0 spiro atoms. The third-order valence-electron chi connectivity index (χ3n) is 4.22. The maximum absolute atomic E-state index is 13.0. The normalized spacial score (nSPS) is 12.1. The standard InChI is InChI=1S/C19H18F6N6O3/c1-9-28-12-7-13(32-2)14(33-3-4-34-19(23,24)25)6-11(12)16(29-9)27-8-10-5-15(18(20,21)22)31-17(26)30-10/h5-7H,3-4,8H2,1-2H3,(H2,26,30,31)(H,27,28,29). The number of rotatable bonds is 8. The molecular formula is C19H18F6N6O3. The van der Waals surface area contributed by atoms with E-state index in [0.717, 1.165) is 6.07 Å². The lowest BCUT2D eigenvalue weighted by Gasteiger charge is -2.15. The highest BCUT2D eigenvalue weighted by molar-refractivity contribution is 5.91. The number of benzene rings is 1. The molecule has 0 radical (unpaired) electrons. The minimum atomic E-state index is -4.80. The number of nitrogens with zero attached hydrogens (tertiary/aromatic N) is 4. The van der Waals surface area contributed by atoms with E-state index in [4.69, 9.17) is 15.2 Å². The number of anilines is 2.